The Kier molecular flexibility index (Phi) is 6.83. The summed E-state index contributed by atoms with van der Waals surface area (Å²) >= 11 is 0. The lowest BCUT2D eigenvalue weighted by Crippen LogP contribution is -2.36. The van der Waals surface area contributed by atoms with Crippen molar-refractivity contribution in [1.82, 2.24) is 0 Å². The second-order valence-electron chi connectivity index (χ2n) is 8.17. The van der Waals surface area contributed by atoms with Crippen LogP contribution in [0.15, 0.2) is 76.5 Å². The van der Waals surface area contributed by atoms with Gasteiger partial charge in [0, 0.05) is 18.8 Å². The van der Waals surface area contributed by atoms with Crippen LogP contribution in [0.4, 0.5) is 17.1 Å². The van der Waals surface area contributed by atoms with Crippen LogP contribution in [0.2, 0.25) is 0 Å². The van der Waals surface area contributed by atoms with Crippen LogP contribution >= 0.6 is 0 Å². The van der Waals surface area contributed by atoms with Gasteiger partial charge in [-0.25, -0.2) is 16.8 Å². The molecule has 3 aromatic carbocycles. The van der Waals surface area contributed by atoms with Gasteiger partial charge in [-0.05, 0) is 56.3 Å². The van der Waals surface area contributed by atoms with Gasteiger partial charge in [-0.3, -0.25) is 9.44 Å². The van der Waals surface area contributed by atoms with Crippen LogP contribution in [-0.2, 0) is 24.8 Å². The zero-order valence-corrected chi connectivity index (χ0v) is 20.6. The number of nitrogens with one attached hydrogen (secondary N) is 2. The molecule has 0 saturated carbocycles. The summed E-state index contributed by atoms with van der Waals surface area (Å²) in [6, 6.07) is 17.9. The predicted octanol–water partition coefficient (Wildman–Crippen LogP) is 3.74. The molecule has 0 unspecified atom stereocenters. The van der Waals surface area contributed by atoms with Crippen LogP contribution in [0, 0.1) is 13.8 Å². The third-order valence-electron chi connectivity index (χ3n) is 5.53. The van der Waals surface area contributed by atoms with Crippen molar-refractivity contribution in [2.24, 2.45) is 0 Å². The molecule has 8 nitrogen and oxygen atoms in total. The molecule has 0 bridgehead atoms. The maximum absolute atomic E-state index is 13.1. The molecule has 3 aromatic rings. The maximum atomic E-state index is 13.1. The van der Waals surface area contributed by atoms with E-state index in [4.69, 9.17) is 4.74 Å². The third kappa shape index (κ3) is 5.52. The van der Waals surface area contributed by atoms with Gasteiger partial charge in [-0.2, -0.15) is 0 Å². The minimum absolute atomic E-state index is 0.0854. The highest BCUT2D eigenvalue weighted by molar-refractivity contribution is 7.93. The van der Waals surface area contributed by atoms with Crippen molar-refractivity contribution in [2.45, 2.75) is 23.6 Å². The second kappa shape index (κ2) is 9.65. The zero-order chi connectivity index (χ0) is 24.3. The van der Waals surface area contributed by atoms with E-state index in [2.05, 4.69) is 14.3 Å². The Hall–Kier alpha value is -3.08. The van der Waals surface area contributed by atoms with Crippen LogP contribution in [0.25, 0.3) is 0 Å². The molecule has 1 heterocycles. The predicted molar refractivity (Wildman–Crippen MR) is 133 cm³/mol. The van der Waals surface area contributed by atoms with E-state index in [0.29, 0.717) is 26.3 Å². The number of benzene rings is 3. The summed E-state index contributed by atoms with van der Waals surface area (Å²) in [7, 11) is -7.89. The molecule has 1 aliphatic rings. The fourth-order valence-electron chi connectivity index (χ4n) is 3.57. The fourth-order valence-corrected chi connectivity index (χ4v) is 5.72. The van der Waals surface area contributed by atoms with E-state index in [1.165, 1.54) is 24.3 Å². The first-order valence-corrected chi connectivity index (χ1v) is 13.8. The van der Waals surface area contributed by atoms with E-state index in [0.717, 1.165) is 16.8 Å². The molecule has 0 spiro atoms. The van der Waals surface area contributed by atoms with Crippen LogP contribution in [-0.4, -0.2) is 43.1 Å². The highest BCUT2D eigenvalue weighted by atomic mass is 32.2. The summed E-state index contributed by atoms with van der Waals surface area (Å²) < 4.78 is 62.7. The SMILES string of the molecule is Cc1ccc(S(=O)(=O)Nc2ccc(N3CCOCC3)cc2NS(=O)(=O)c2ccc(C)cc2)cc1. The number of sulfonamides is 2. The van der Waals surface area contributed by atoms with Crippen molar-refractivity contribution in [3.63, 3.8) is 0 Å². The monoisotopic (exact) mass is 501 g/mol. The number of anilines is 3. The van der Waals surface area contributed by atoms with Gasteiger partial charge in [0.2, 0.25) is 0 Å². The highest BCUT2D eigenvalue weighted by Crippen LogP contribution is 2.32. The first-order valence-electron chi connectivity index (χ1n) is 10.8. The lowest BCUT2D eigenvalue weighted by atomic mass is 10.2. The number of nitrogens with zero attached hydrogens (tertiary/aromatic N) is 1. The van der Waals surface area contributed by atoms with Gasteiger partial charge in [-0.15, -0.1) is 0 Å². The molecular formula is C24H27N3O5S2. The first kappa shape index (κ1) is 24.1. The normalized spacial score (nSPS) is 14.6. The number of hydrogen-bond donors (Lipinski definition) is 2. The van der Waals surface area contributed by atoms with E-state index in [1.807, 2.05) is 13.8 Å². The Labute approximate surface area is 200 Å². The van der Waals surface area contributed by atoms with Gasteiger partial charge in [0.15, 0.2) is 0 Å². The van der Waals surface area contributed by atoms with Crippen LogP contribution in [0.3, 0.4) is 0 Å². The summed E-state index contributed by atoms with van der Waals surface area (Å²) in [6.45, 7) is 6.16. The Morgan fingerprint density at radius 2 is 1.15 bits per heavy atom. The molecule has 0 amide bonds. The molecule has 2 N–H and O–H groups in total. The average Bonchev–Trinajstić information content (AvgIpc) is 2.81. The van der Waals surface area contributed by atoms with Crippen molar-refractivity contribution in [3.05, 3.63) is 77.9 Å². The minimum atomic E-state index is -3.95. The Balaban J connectivity index is 1.71. The maximum Gasteiger partial charge on any atom is 0.261 e. The van der Waals surface area contributed by atoms with Crippen LogP contribution < -0.4 is 14.3 Å². The van der Waals surface area contributed by atoms with Gasteiger partial charge in [0.25, 0.3) is 20.0 Å². The smallest absolute Gasteiger partial charge is 0.261 e. The molecule has 0 radical (unpaired) electrons. The molecule has 34 heavy (non-hydrogen) atoms. The molecule has 0 aromatic heterocycles. The molecule has 1 saturated heterocycles. The highest BCUT2D eigenvalue weighted by Gasteiger charge is 2.22. The van der Waals surface area contributed by atoms with E-state index in [9.17, 15) is 16.8 Å². The van der Waals surface area contributed by atoms with Gasteiger partial charge in [0.1, 0.15) is 0 Å². The van der Waals surface area contributed by atoms with E-state index < -0.39 is 20.0 Å². The lowest BCUT2D eigenvalue weighted by molar-refractivity contribution is 0.122. The standard InChI is InChI=1S/C24H27N3O5S2/c1-18-3-8-21(9-4-18)33(28,29)25-23-12-7-20(27-13-15-32-16-14-27)17-24(23)26-34(30,31)22-10-5-19(2)6-11-22/h3-12,17,25-26H,13-16H2,1-2H3. The average molecular weight is 502 g/mol. The lowest BCUT2D eigenvalue weighted by Gasteiger charge is -2.29. The number of hydrogen-bond acceptors (Lipinski definition) is 6. The van der Waals surface area contributed by atoms with E-state index >= 15 is 0 Å². The van der Waals surface area contributed by atoms with Gasteiger partial charge >= 0.3 is 0 Å². The number of ether oxygens (including phenoxy) is 1. The molecular weight excluding hydrogens is 474 g/mol. The summed E-state index contributed by atoms with van der Waals surface area (Å²) in [4.78, 5) is 2.23. The number of aryl methyl sites for hydroxylation is 2. The summed E-state index contributed by atoms with van der Waals surface area (Å²) in [6.07, 6.45) is 0. The van der Waals surface area contributed by atoms with Crippen molar-refractivity contribution in [2.75, 3.05) is 40.6 Å². The minimum Gasteiger partial charge on any atom is -0.378 e. The van der Waals surface area contributed by atoms with Crippen molar-refractivity contribution in [1.29, 1.82) is 0 Å². The summed E-state index contributed by atoms with van der Waals surface area (Å²) in [5.74, 6) is 0. The molecule has 10 heteroatoms. The molecule has 1 fully saturated rings. The van der Waals surface area contributed by atoms with Gasteiger partial charge < -0.3 is 9.64 Å². The van der Waals surface area contributed by atoms with Crippen LogP contribution in [0.5, 0.6) is 0 Å². The molecule has 180 valence electrons. The van der Waals surface area contributed by atoms with Crippen molar-refractivity contribution in [3.8, 4) is 0 Å². The van der Waals surface area contributed by atoms with Crippen LogP contribution in [0.1, 0.15) is 11.1 Å². The summed E-state index contributed by atoms with van der Waals surface area (Å²) in [5, 5.41) is 0. The topological polar surface area (TPSA) is 105 Å². The van der Waals surface area contributed by atoms with Gasteiger partial charge in [0.05, 0.1) is 34.4 Å². The number of rotatable bonds is 7. The number of morpholine rings is 1. The van der Waals surface area contributed by atoms with Crippen molar-refractivity contribution >= 4 is 37.1 Å². The van der Waals surface area contributed by atoms with Crippen molar-refractivity contribution < 1.29 is 21.6 Å². The van der Waals surface area contributed by atoms with E-state index in [-0.39, 0.29) is 21.2 Å². The molecule has 0 atom stereocenters. The fraction of sp³-hybridized carbons (Fsp3) is 0.250. The largest absolute Gasteiger partial charge is 0.378 e. The second-order valence-corrected chi connectivity index (χ2v) is 11.5. The Morgan fingerprint density at radius 3 is 1.65 bits per heavy atom. The Bertz CT molecular complexity index is 1370. The summed E-state index contributed by atoms with van der Waals surface area (Å²) in [5.41, 5.74) is 2.90. The third-order valence-corrected chi connectivity index (χ3v) is 8.29. The zero-order valence-electron chi connectivity index (χ0n) is 19.0. The Morgan fingerprint density at radius 1 is 0.676 bits per heavy atom. The molecule has 0 aliphatic carbocycles. The van der Waals surface area contributed by atoms with Gasteiger partial charge in [-0.1, -0.05) is 35.4 Å². The quantitative estimate of drug-likeness (QED) is 0.511. The molecule has 1 aliphatic heterocycles. The van der Waals surface area contributed by atoms with E-state index in [1.54, 1.807) is 42.5 Å². The molecule has 4 rings (SSSR count). The first-order chi connectivity index (χ1) is 16.1.